The predicted molar refractivity (Wildman–Crippen MR) is 79.8 cm³/mol. The summed E-state index contributed by atoms with van der Waals surface area (Å²) in [6, 6.07) is 12.8. The van der Waals surface area contributed by atoms with Crippen LogP contribution in [0.1, 0.15) is 16.8 Å². The number of para-hydroxylation sites is 1. The van der Waals surface area contributed by atoms with Crippen molar-refractivity contribution in [3.05, 3.63) is 48.0 Å². The number of Topliss-reactive ketones (excluding diaryl/α,β-unsaturated/α-hetero) is 1. The van der Waals surface area contributed by atoms with Gasteiger partial charge < -0.3 is 0 Å². The van der Waals surface area contributed by atoms with Crippen LogP contribution in [0.15, 0.2) is 46.9 Å². The molecule has 4 nitrogen and oxygen atoms in total. The van der Waals surface area contributed by atoms with E-state index in [0.29, 0.717) is 5.56 Å². The summed E-state index contributed by atoms with van der Waals surface area (Å²) in [6.45, 7) is 0. The van der Waals surface area contributed by atoms with E-state index in [2.05, 4.69) is 0 Å². The van der Waals surface area contributed by atoms with Crippen molar-refractivity contribution in [2.75, 3.05) is 0 Å². The molecule has 0 bridgehead atoms. The normalized spacial score (nSPS) is 12.6. The maximum absolute atomic E-state index is 12.2. The minimum absolute atomic E-state index is 0.0311. The zero-order valence-corrected chi connectivity index (χ0v) is 12.8. The molecule has 5 heteroatoms. The molecule has 1 unspecified atom stereocenters. The van der Waals surface area contributed by atoms with Gasteiger partial charge in [-0.15, -0.1) is 0 Å². The first-order valence-electron chi connectivity index (χ1n) is 6.41. The first-order valence-corrected chi connectivity index (χ1v) is 7.50. The number of carboxylic acid groups (broad SMARTS) is 1. The van der Waals surface area contributed by atoms with Crippen LogP contribution in [-0.2, 0) is 4.79 Å². The second kappa shape index (κ2) is 5.38. The number of fused-ring (bicyclic) bond motifs is 3. The van der Waals surface area contributed by atoms with Gasteiger partial charge in [0.05, 0.1) is 0 Å². The molecule has 0 aliphatic carbocycles. The van der Waals surface area contributed by atoms with Crippen molar-refractivity contribution in [1.82, 2.24) is 0 Å². The van der Waals surface area contributed by atoms with Crippen LogP contribution in [-0.4, -0.2) is 33.7 Å². The van der Waals surface area contributed by atoms with Crippen LogP contribution in [0.4, 0.5) is 0 Å². The first-order chi connectivity index (χ1) is 10.1. The van der Waals surface area contributed by atoms with Crippen molar-refractivity contribution < 1.29 is 19.1 Å². The third-order valence-electron chi connectivity index (χ3n) is 3.36. The Morgan fingerprint density at radius 1 is 1.10 bits per heavy atom. The Kier molecular flexibility index (Phi) is 3.56. The molecule has 2 aromatic carbocycles. The van der Waals surface area contributed by atoms with Gasteiger partial charge in [-0.2, -0.15) is 0 Å². The Morgan fingerprint density at radius 3 is 2.57 bits per heavy atom. The summed E-state index contributed by atoms with van der Waals surface area (Å²) in [6.07, 6.45) is -0.0311. The molecule has 1 atom stereocenters. The number of carbonyl (C=O) groups excluding carboxylic acids is 1. The van der Waals surface area contributed by atoms with Crippen LogP contribution in [0.3, 0.4) is 0 Å². The van der Waals surface area contributed by atoms with Crippen LogP contribution in [0.25, 0.3) is 21.9 Å². The molecule has 0 saturated carbocycles. The number of furan rings is 1. The number of carboxylic acids is 1. The third kappa shape index (κ3) is 2.59. The average Bonchev–Trinajstić information content (AvgIpc) is 2.84. The second-order valence-corrected chi connectivity index (χ2v) is 6.10. The predicted octanol–water partition coefficient (Wildman–Crippen LogP) is 3.20. The number of carbonyl (C=O) groups is 2. The Hall–Kier alpha value is -2.06. The molecule has 1 heterocycles. The van der Waals surface area contributed by atoms with Gasteiger partial charge in [0.25, 0.3) is 0 Å². The van der Waals surface area contributed by atoms with Crippen molar-refractivity contribution in [2.24, 2.45) is 0 Å². The van der Waals surface area contributed by atoms with E-state index in [-0.39, 0.29) is 12.2 Å². The van der Waals surface area contributed by atoms with Crippen LogP contribution < -0.4 is 0 Å². The molecule has 0 fully saturated rings. The Balaban J connectivity index is 2.02. The average molecular weight is 342 g/mol. The van der Waals surface area contributed by atoms with E-state index in [9.17, 15) is 9.59 Å². The van der Waals surface area contributed by atoms with Gasteiger partial charge in [0, 0.05) is 0 Å². The first kappa shape index (κ1) is 13.9. The molecule has 0 aliphatic heterocycles. The quantitative estimate of drug-likeness (QED) is 0.584. The van der Waals surface area contributed by atoms with E-state index in [1.165, 1.54) is 0 Å². The summed E-state index contributed by atoms with van der Waals surface area (Å²) >= 11 is 2.02. The Labute approximate surface area is 129 Å². The third-order valence-corrected chi connectivity index (χ3v) is 4.21. The fourth-order valence-corrected chi connectivity index (χ4v) is 2.63. The van der Waals surface area contributed by atoms with Crippen LogP contribution in [0.2, 0.25) is 4.71 Å². The summed E-state index contributed by atoms with van der Waals surface area (Å²) in [5.74, 6) is -1.17. The fraction of sp³-hybridized carbons (Fsp3) is 0.125. The summed E-state index contributed by atoms with van der Waals surface area (Å²) < 4.78 is 4.95. The topological polar surface area (TPSA) is 67.5 Å². The second-order valence-electron chi connectivity index (χ2n) is 4.79. The SMILES string of the molecule is O=C(CC([As])C(=O)O)c1ccc2oc3ccccc3c2c1. The van der Waals surface area contributed by atoms with E-state index in [1.807, 2.05) is 41.1 Å². The van der Waals surface area contributed by atoms with E-state index in [1.54, 1.807) is 18.2 Å². The number of aliphatic carboxylic acids is 1. The molecule has 104 valence electrons. The Bertz CT molecular complexity index is 850. The standard InChI is InChI=1S/C16H11AsO4/c17-12(16(19)20)8-13(18)9-5-6-15-11(7-9)10-3-1-2-4-14(10)21-15/h1-7,12H,8H2,(H,19,20). The number of hydrogen-bond acceptors (Lipinski definition) is 3. The van der Waals surface area contributed by atoms with Crippen LogP contribution in [0.5, 0.6) is 0 Å². The summed E-state index contributed by atoms with van der Waals surface area (Å²) in [4.78, 5) is 23.0. The molecular weight excluding hydrogens is 331 g/mol. The van der Waals surface area contributed by atoms with Crippen molar-refractivity contribution in [3.63, 3.8) is 0 Å². The van der Waals surface area contributed by atoms with Gasteiger partial charge in [0.15, 0.2) is 0 Å². The zero-order valence-electron chi connectivity index (χ0n) is 10.9. The van der Waals surface area contributed by atoms with Crippen molar-refractivity contribution in [2.45, 2.75) is 11.1 Å². The summed E-state index contributed by atoms with van der Waals surface area (Å²) in [5.41, 5.74) is 1.99. The molecule has 1 N–H and O–H groups in total. The molecular formula is C16H11AsO4. The van der Waals surface area contributed by atoms with Crippen molar-refractivity contribution in [3.8, 4) is 0 Å². The number of hydrogen-bond donors (Lipinski definition) is 1. The Morgan fingerprint density at radius 2 is 1.81 bits per heavy atom. The molecule has 21 heavy (non-hydrogen) atoms. The van der Waals surface area contributed by atoms with Gasteiger partial charge in [-0.1, -0.05) is 0 Å². The van der Waals surface area contributed by atoms with Gasteiger partial charge in [0.1, 0.15) is 0 Å². The number of rotatable bonds is 4. The zero-order chi connectivity index (χ0) is 15.0. The van der Waals surface area contributed by atoms with E-state index in [4.69, 9.17) is 9.52 Å². The van der Waals surface area contributed by atoms with Gasteiger partial charge in [-0.05, 0) is 0 Å². The molecule has 0 saturated heterocycles. The maximum atomic E-state index is 12.2. The van der Waals surface area contributed by atoms with Gasteiger partial charge in [0.2, 0.25) is 0 Å². The van der Waals surface area contributed by atoms with Gasteiger partial charge in [-0.3, -0.25) is 0 Å². The number of ketones is 1. The summed E-state index contributed by atoms with van der Waals surface area (Å²) in [7, 11) is 0. The molecule has 1 aromatic heterocycles. The van der Waals surface area contributed by atoms with E-state index in [0.717, 1.165) is 21.9 Å². The van der Waals surface area contributed by atoms with Crippen LogP contribution in [0, 0.1) is 0 Å². The molecule has 3 rings (SSSR count). The van der Waals surface area contributed by atoms with Crippen LogP contribution >= 0.6 is 0 Å². The fourth-order valence-electron chi connectivity index (χ4n) is 2.28. The van der Waals surface area contributed by atoms with E-state index >= 15 is 0 Å². The minimum atomic E-state index is -0.988. The van der Waals surface area contributed by atoms with Gasteiger partial charge in [-0.25, -0.2) is 0 Å². The van der Waals surface area contributed by atoms with E-state index < -0.39 is 10.7 Å². The number of benzene rings is 2. The molecule has 2 radical (unpaired) electrons. The van der Waals surface area contributed by atoms with Gasteiger partial charge >= 0.3 is 129 Å². The molecule has 3 aromatic rings. The molecule has 0 spiro atoms. The summed E-state index contributed by atoms with van der Waals surface area (Å²) in [5, 5.41) is 10.7. The monoisotopic (exact) mass is 342 g/mol. The van der Waals surface area contributed by atoms with Crippen molar-refractivity contribution in [1.29, 1.82) is 0 Å². The van der Waals surface area contributed by atoms with Crippen molar-refractivity contribution >= 4 is 50.5 Å². The molecule has 0 amide bonds. The molecule has 0 aliphatic rings.